The van der Waals surface area contributed by atoms with Crippen LogP contribution in [0.4, 0.5) is 0 Å². The van der Waals surface area contributed by atoms with Crippen LogP contribution in [0.2, 0.25) is 0 Å². The molecule has 2 aromatic heterocycles. The van der Waals surface area contributed by atoms with E-state index in [9.17, 15) is 0 Å². The zero-order chi connectivity index (χ0) is 11.8. The standard InChI is InChI=1S/C12H11N3S2/c1-7-11(5-16)17-12(15-7)8-2-3-9-10(4-8)14-6-13-9/h2-4,6,16H,5H2,1H3,(H,13,14). The lowest BCUT2D eigenvalue weighted by molar-refractivity contribution is 1.22. The van der Waals surface area contributed by atoms with Gasteiger partial charge in [0.1, 0.15) is 5.01 Å². The Morgan fingerprint density at radius 3 is 3.06 bits per heavy atom. The van der Waals surface area contributed by atoms with E-state index in [-0.39, 0.29) is 0 Å². The lowest BCUT2D eigenvalue weighted by Crippen LogP contribution is -1.79. The van der Waals surface area contributed by atoms with Crippen molar-refractivity contribution in [2.75, 3.05) is 0 Å². The van der Waals surface area contributed by atoms with E-state index >= 15 is 0 Å². The summed E-state index contributed by atoms with van der Waals surface area (Å²) in [5.74, 6) is 0.746. The van der Waals surface area contributed by atoms with Crippen LogP contribution in [-0.4, -0.2) is 15.0 Å². The molecule has 0 amide bonds. The molecular weight excluding hydrogens is 250 g/mol. The molecule has 0 aliphatic heterocycles. The molecule has 0 atom stereocenters. The Labute approximate surface area is 108 Å². The number of rotatable bonds is 2. The first kappa shape index (κ1) is 10.8. The maximum absolute atomic E-state index is 4.58. The predicted molar refractivity (Wildman–Crippen MR) is 74.6 cm³/mol. The minimum absolute atomic E-state index is 0.746. The van der Waals surface area contributed by atoms with Crippen LogP contribution in [0.25, 0.3) is 21.6 Å². The smallest absolute Gasteiger partial charge is 0.123 e. The highest BCUT2D eigenvalue weighted by atomic mass is 32.1. The van der Waals surface area contributed by atoms with Gasteiger partial charge in [0.2, 0.25) is 0 Å². The van der Waals surface area contributed by atoms with Crippen molar-refractivity contribution < 1.29 is 0 Å². The first-order valence-corrected chi connectivity index (χ1v) is 6.73. The average Bonchev–Trinajstić information content (AvgIpc) is 2.93. The maximum Gasteiger partial charge on any atom is 0.123 e. The summed E-state index contributed by atoms with van der Waals surface area (Å²) in [5, 5.41) is 1.04. The third-order valence-electron chi connectivity index (χ3n) is 2.70. The van der Waals surface area contributed by atoms with Crippen LogP contribution in [-0.2, 0) is 5.75 Å². The van der Waals surface area contributed by atoms with E-state index in [1.807, 2.05) is 13.0 Å². The highest BCUT2D eigenvalue weighted by Gasteiger charge is 2.09. The normalized spacial score (nSPS) is 11.2. The van der Waals surface area contributed by atoms with Gasteiger partial charge in [0.25, 0.3) is 0 Å². The van der Waals surface area contributed by atoms with Gasteiger partial charge in [-0.2, -0.15) is 12.6 Å². The molecule has 0 unspecified atom stereocenters. The highest BCUT2D eigenvalue weighted by molar-refractivity contribution is 7.79. The number of aromatic nitrogens is 3. The SMILES string of the molecule is Cc1nc(-c2ccc3nc[nH]c3c2)sc1CS. The van der Waals surface area contributed by atoms with Gasteiger partial charge < -0.3 is 4.98 Å². The summed E-state index contributed by atoms with van der Waals surface area (Å²) >= 11 is 6.01. The summed E-state index contributed by atoms with van der Waals surface area (Å²) in [7, 11) is 0. The molecule has 1 N–H and O–H groups in total. The van der Waals surface area contributed by atoms with Gasteiger partial charge in [-0.3, -0.25) is 0 Å². The molecule has 0 aliphatic rings. The molecule has 5 heteroatoms. The van der Waals surface area contributed by atoms with Crippen molar-refractivity contribution in [1.82, 2.24) is 15.0 Å². The third kappa shape index (κ3) is 1.85. The monoisotopic (exact) mass is 261 g/mol. The number of nitrogens with one attached hydrogen (secondary N) is 1. The van der Waals surface area contributed by atoms with Crippen LogP contribution in [0, 0.1) is 6.92 Å². The van der Waals surface area contributed by atoms with Crippen LogP contribution in [0.1, 0.15) is 10.6 Å². The second-order valence-corrected chi connectivity index (χ2v) is 5.22. The summed E-state index contributed by atoms with van der Waals surface area (Å²) in [6.07, 6.45) is 1.71. The Morgan fingerprint density at radius 1 is 1.41 bits per heavy atom. The van der Waals surface area contributed by atoms with Crippen molar-refractivity contribution in [2.24, 2.45) is 0 Å². The maximum atomic E-state index is 4.58. The van der Waals surface area contributed by atoms with Gasteiger partial charge in [-0.1, -0.05) is 0 Å². The zero-order valence-corrected chi connectivity index (χ0v) is 11.0. The number of thiazole rings is 1. The number of hydrogen-bond donors (Lipinski definition) is 2. The first-order chi connectivity index (χ1) is 8.28. The number of benzene rings is 1. The van der Waals surface area contributed by atoms with Crippen molar-refractivity contribution in [2.45, 2.75) is 12.7 Å². The first-order valence-electron chi connectivity index (χ1n) is 5.28. The fourth-order valence-electron chi connectivity index (χ4n) is 1.77. The number of thiol groups is 1. The van der Waals surface area contributed by atoms with Crippen LogP contribution in [0.5, 0.6) is 0 Å². The Balaban J connectivity index is 2.12. The minimum Gasteiger partial charge on any atom is -0.345 e. The molecule has 0 spiro atoms. The predicted octanol–water partition coefficient (Wildman–Crippen LogP) is 3.42. The lowest BCUT2D eigenvalue weighted by Gasteiger charge is -1.95. The lowest BCUT2D eigenvalue weighted by atomic mass is 10.2. The molecule has 3 rings (SSSR count). The van der Waals surface area contributed by atoms with Gasteiger partial charge in [0.05, 0.1) is 23.1 Å². The van der Waals surface area contributed by atoms with Crippen molar-refractivity contribution in [1.29, 1.82) is 0 Å². The second kappa shape index (κ2) is 4.16. The van der Waals surface area contributed by atoms with Crippen molar-refractivity contribution in [3.05, 3.63) is 35.1 Å². The largest absolute Gasteiger partial charge is 0.345 e. The van der Waals surface area contributed by atoms with E-state index in [1.165, 1.54) is 4.88 Å². The van der Waals surface area contributed by atoms with Gasteiger partial charge in [-0.15, -0.1) is 11.3 Å². The number of H-pyrrole nitrogens is 1. The molecule has 1 aromatic carbocycles. The summed E-state index contributed by atoms with van der Waals surface area (Å²) in [6.45, 7) is 2.03. The Kier molecular flexibility index (Phi) is 2.64. The molecule has 86 valence electrons. The van der Waals surface area contributed by atoms with E-state index < -0.39 is 0 Å². The summed E-state index contributed by atoms with van der Waals surface area (Å²) in [5.41, 5.74) is 4.23. The van der Waals surface area contributed by atoms with Gasteiger partial charge in [-0.05, 0) is 25.1 Å². The van der Waals surface area contributed by atoms with Crippen LogP contribution in [0.3, 0.4) is 0 Å². The number of fused-ring (bicyclic) bond motifs is 1. The molecule has 0 saturated carbocycles. The van der Waals surface area contributed by atoms with E-state index in [1.54, 1.807) is 17.7 Å². The molecule has 0 saturated heterocycles. The number of hydrogen-bond acceptors (Lipinski definition) is 4. The van der Waals surface area contributed by atoms with E-state index in [0.29, 0.717) is 0 Å². The molecule has 3 nitrogen and oxygen atoms in total. The van der Waals surface area contributed by atoms with Crippen LogP contribution >= 0.6 is 24.0 Å². The van der Waals surface area contributed by atoms with E-state index in [2.05, 4.69) is 39.7 Å². The van der Waals surface area contributed by atoms with Crippen LogP contribution in [0.15, 0.2) is 24.5 Å². The van der Waals surface area contributed by atoms with Gasteiger partial charge in [0, 0.05) is 16.2 Å². The fourth-order valence-corrected chi connectivity index (χ4v) is 3.11. The molecule has 2 heterocycles. The Bertz CT molecular complexity index is 669. The zero-order valence-electron chi connectivity index (χ0n) is 9.27. The summed E-state index contributed by atoms with van der Waals surface area (Å²) in [4.78, 5) is 13.1. The molecule has 3 aromatic rings. The summed E-state index contributed by atoms with van der Waals surface area (Å²) < 4.78 is 0. The fraction of sp³-hybridized carbons (Fsp3) is 0.167. The van der Waals surface area contributed by atoms with Gasteiger partial charge >= 0.3 is 0 Å². The molecular formula is C12H11N3S2. The Morgan fingerprint density at radius 2 is 2.29 bits per heavy atom. The highest BCUT2D eigenvalue weighted by Crippen LogP contribution is 2.30. The third-order valence-corrected chi connectivity index (χ3v) is 4.44. The summed E-state index contributed by atoms with van der Waals surface area (Å²) in [6, 6.07) is 6.16. The Hall–Kier alpha value is -1.33. The quantitative estimate of drug-likeness (QED) is 0.694. The molecule has 0 aliphatic carbocycles. The molecule has 0 radical (unpaired) electrons. The van der Waals surface area contributed by atoms with Crippen molar-refractivity contribution in [3.8, 4) is 10.6 Å². The number of imidazole rings is 1. The average molecular weight is 261 g/mol. The van der Waals surface area contributed by atoms with E-state index in [4.69, 9.17) is 0 Å². The molecule has 0 fully saturated rings. The van der Waals surface area contributed by atoms with Crippen LogP contribution < -0.4 is 0 Å². The van der Waals surface area contributed by atoms with Crippen molar-refractivity contribution in [3.63, 3.8) is 0 Å². The number of aromatic amines is 1. The van der Waals surface area contributed by atoms with E-state index in [0.717, 1.165) is 33.1 Å². The number of aryl methyl sites for hydroxylation is 1. The topological polar surface area (TPSA) is 41.6 Å². The number of nitrogens with zero attached hydrogens (tertiary/aromatic N) is 2. The second-order valence-electron chi connectivity index (χ2n) is 3.82. The van der Waals surface area contributed by atoms with Gasteiger partial charge in [-0.25, -0.2) is 9.97 Å². The molecule has 17 heavy (non-hydrogen) atoms. The molecule has 0 bridgehead atoms. The van der Waals surface area contributed by atoms with Gasteiger partial charge in [0.15, 0.2) is 0 Å². The minimum atomic E-state index is 0.746. The van der Waals surface area contributed by atoms with Crippen molar-refractivity contribution >= 4 is 35.0 Å².